The summed E-state index contributed by atoms with van der Waals surface area (Å²) in [6.45, 7) is 4.04. The Labute approximate surface area is 164 Å². The molecule has 0 aliphatic rings. The molecule has 1 amide bonds. The van der Waals surface area contributed by atoms with Gasteiger partial charge in [0.05, 0.1) is 26.4 Å². The SMILES string of the molecule is CCOc1cc(C(=O)O[C@@H](C)C(=O)NCc2ccccc2OC)ccc1OC. The Balaban J connectivity index is 1.97. The van der Waals surface area contributed by atoms with Gasteiger partial charge in [-0.3, -0.25) is 4.79 Å². The number of carbonyl (C=O) groups is 2. The van der Waals surface area contributed by atoms with Crippen molar-refractivity contribution in [2.24, 2.45) is 0 Å². The zero-order valence-corrected chi connectivity index (χ0v) is 16.5. The summed E-state index contributed by atoms with van der Waals surface area (Å²) in [4.78, 5) is 24.7. The summed E-state index contributed by atoms with van der Waals surface area (Å²) < 4.78 is 21.2. The number of methoxy groups -OCH3 is 2. The molecule has 7 heteroatoms. The maximum Gasteiger partial charge on any atom is 0.339 e. The maximum absolute atomic E-state index is 12.4. The first-order valence-electron chi connectivity index (χ1n) is 8.91. The van der Waals surface area contributed by atoms with Crippen LogP contribution in [0.5, 0.6) is 17.2 Å². The van der Waals surface area contributed by atoms with Crippen molar-refractivity contribution < 1.29 is 28.5 Å². The molecule has 0 aliphatic heterocycles. The van der Waals surface area contributed by atoms with E-state index in [4.69, 9.17) is 18.9 Å². The van der Waals surface area contributed by atoms with Crippen LogP contribution in [0.25, 0.3) is 0 Å². The van der Waals surface area contributed by atoms with Crippen molar-refractivity contribution in [1.29, 1.82) is 0 Å². The summed E-state index contributed by atoms with van der Waals surface area (Å²) in [6, 6.07) is 12.1. The molecule has 0 bridgehead atoms. The third-order valence-electron chi connectivity index (χ3n) is 4.00. The van der Waals surface area contributed by atoms with Crippen molar-refractivity contribution in [1.82, 2.24) is 5.32 Å². The molecule has 0 aromatic heterocycles. The van der Waals surface area contributed by atoms with Crippen molar-refractivity contribution in [2.75, 3.05) is 20.8 Å². The Bertz CT molecular complexity index is 820. The minimum absolute atomic E-state index is 0.266. The van der Waals surface area contributed by atoms with Gasteiger partial charge in [0, 0.05) is 12.1 Å². The maximum atomic E-state index is 12.4. The zero-order valence-electron chi connectivity index (χ0n) is 16.5. The van der Waals surface area contributed by atoms with Crippen LogP contribution in [0, 0.1) is 0 Å². The quantitative estimate of drug-likeness (QED) is 0.666. The largest absolute Gasteiger partial charge is 0.496 e. The van der Waals surface area contributed by atoms with E-state index in [9.17, 15) is 9.59 Å². The highest BCUT2D eigenvalue weighted by atomic mass is 16.5. The molecule has 1 N–H and O–H groups in total. The van der Waals surface area contributed by atoms with E-state index in [1.54, 1.807) is 19.2 Å². The molecule has 0 radical (unpaired) electrons. The Morgan fingerprint density at radius 1 is 1.00 bits per heavy atom. The third-order valence-corrected chi connectivity index (χ3v) is 4.00. The van der Waals surface area contributed by atoms with Gasteiger partial charge in [0.2, 0.25) is 0 Å². The standard InChI is InChI=1S/C21H25NO6/c1-5-27-19-12-15(10-11-18(19)26-4)21(24)28-14(2)20(23)22-13-16-8-6-7-9-17(16)25-3/h6-12,14H,5,13H2,1-4H3,(H,22,23)/t14-/m0/s1. The van der Waals surface area contributed by atoms with E-state index < -0.39 is 18.0 Å². The molecule has 0 unspecified atom stereocenters. The fraction of sp³-hybridized carbons (Fsp3) is 0.333. The Kier molecular flexibility index (Phi) is 7.68. The first kappa shape index (κ1) is 21.1. The first-order valence-corrected chi connectivity index (χ1v) is 8.91. The minimum atomic E-state index is -0.958. The predicted octanol–water partition coefficient (Wildman–Crippen LogP) is 2.96. The number of hydrogen-bond acceptors (Lipinski definition) is 6. The van der Waals surface area contributed by atoms with Crippen LogP contribution >= 0.6 is 0 Å². The lowest BCUT2D eigenvalue weighted by molar-refractivity contribution is -0.129. The van der Waals surface area contributed by atoms with Crippen LogP contribution in [0.1, 0.15) is 29.8 Å². The average molecular weight is 387 g/mol. The zero-order chi connectivity index (χ0) is 20.5. The second-order valence-electron chi connectivity index (χ2n) is 5.88. The summed E-state index contributed by atoms with van der Waals surface area (Å²) in [5, 5.41) is 2.74. The number of para-hydroxylation sites is 1. The van der Waals surface area contributed by atoms with Crippen LogP contribution in [0.4, 0.5) is 0 Å². The molecule has 0 fully saturated rings. The van der Waals surface area contributed by atoms with E-state index in [2.05, 4.69) is 5.32 Å². The number of nitrogens with one attached hydrogen (secondary N) is 1. The van der Waals surface area contributed by atoms with Crippen molar-refractivity contribution in [3.8, 4) is 17.2 Å². The number of esters is 1. The molecule has 0 aliphatic carbocycles. The minimum Gasteiger partial charge on any atom is -0.496 e. The van der Waals surface area contributed by atoms with Crippen LogP contribution in [-0.4, -0.2) is 38.8 Å². The number of hydrogen-bond donors (Lipinski definition) is 1. The monoisotopic (exact) mass is 387 g/mol. The Hall–Kier alpha value is -3.22. The number of benzene rings is 2. The van der Waals surface area contributed by atoms with E-state index in [0.29, 0.717) is 23.9 Å². The number of amides is 1. The van der Waals surface area contributed by atoms with E-state index >= 15 is 0 Å². The van der Waals surface area contributed by atoms with Crippen molar-refractivity contribution >= 4 is 11.9 Å². The van der Waals surface area contributed by atoms with Crippen molar-refractivity contribution in [3.05, 3.63) is 53.6 Å². The highest BCUT2D eigenvalue weighted by molar-refractivity contribution is 5.92. The van der Waals surface area contributed by atoms with Gasteiger partial charge in [-0.1, -0.05) is 18.2 Å². The van der Waals surface area contributed by atoms with Gasteiger partial charge in [0.1, 0.15) is 5.75 Å². The van der Waals surface area contributed by atoms with Crippen molar-refractivity contribution in [3.63, 3.8) is 0 Å². The second-order valence-corrected chi connectivity index (χ2v) is 5.88. The molecular weight excluding hydrogens is 362 g/mol. The highest BCUT2D eigenvalue weighted by Crippen LogP contribution is 2.28. The molecule has 150 valence electrons. The Morgan fingerprint density at radius 2 is 1.71 bits per heavy atom. The van der Waals surface area contributed by atoms with Gasteiger partial charge in [0.25, 0.3) is 5.91 Å². The van der Waals surface area contributed by atoms with Gasteiger partial charge >= 0.3 is 5.97 Å². The smallest absolute Gasteiger partial charge is 0.339 e. The summed E-state index contributed by atoms with van der Waals surface area (Å²) in [5.41, 5.74) is 1.10. The lowest BCUT2D eigenvalue weighted by Gasteiger charge is -2.15. The van der Waals surface area contributed by atoms with Gasteiger partial charge in [-0.2, -0.15) is 0 Å². The number of rotatable bonds is 9. The van der Waals surface area contributed by atoms with Crippen LogP contribution in [0.15, 0.2) is 42.5 Å². The Morgan fingerprint density at radius 3 is 2.39 bits per heavy atom. The lowest BCUT2D eigenvalue weighted by Crippen LogP contribution is -2.35. The summed E-state index contributed by atoms with van der Waals surface area (Å²) in [6.07, 6.45) is -0.958. The molecule has 2 aromatic carbocycles. The van der Waals surface area contributed by atoms with Crippen LogP contribution < -0.4 is 19.5 Å². The van der Waals surface area contributed by atoms with Crippen LogP contribution in [0.2, 0.25) is 0 Å². The van der Waals surface area contributed by atoms with E-state index in [0.717, 1.165) is 5.56 Å². The van der Waals surface area contributed by atoms with E-state index in [1.165, 1.54) is 20.1 Å². The topological polar surface area (TPSA) is 83.1 Å². The lowest BCUT2D eigenvalue weighted by atomic mass is 10.2. The van der Waals surface area contributed by atoms with Crippen LogP contribution in [-0.2, 0) is 16.1 Å². The second kappa shape index (κ2) is 10.2. The molecule has 2 rings (SSSR count). The molecule has 0 saturated heterocycles. The molecule has 0 heterocycles. The number of carbonyl (C=O) groups excluding carboxylic acids is 2. The van der Waals surface area contributed by atoms with Gasteiger partial charge in [0.15, 0.2) is 17.6 Å². The third kappa shape index (κ3) is 5.39. The first-order chi connectivity index (χ1) is 13.5. The van der Waals surface area contributed by atoms with Crippen LogP contribution in [0.3, 0.4) is 0 Å². The number of ether oxygens (including phenoxy) is 4. The molecule has 2 aromatic rings. The van der Waals surface area contributed by atoms with E-state index in [1.807, 2.05) is 31.2 Å². The fourth-order valence-corrected chi connectivity index (χ4v) is 2.53. The predicted molar refractivity (Wildman–Crippen MR) is 104 cm³/mol. The van der Waals surface area contributed by atoms with Gasteiger partial charge in [-0.25, -0.2) is 4.79 Å². The molecule has 0 spiro atoms. The molecule has 7 nitrogen and oxygen atoms in total. The summed E-state index contributed by atoms with van der Waals surface area (Å²) in [5.74, 6) is 0.601. The average Bonchev–Trinajstić information content (AvgIpc) is 2.72. The van der Waals surface area contributed by atoms with Gasteiger partial charge < -0.3 is 24.3 Å². The van der Waals surface area contributed by atoms with E-state index in [-0.39, 0.29) is 12.1 Å². The summed E-state index contributed by atoms with van der Waals surface area (Å²) >= 11 is 0. The van der Waals surface area contributed by atoms with Crippen molar-refractivity contribution in [2.45, 2.75) is 26.5 Å². The van der Waals surface area contributed by atoms with Gasteiger partial charge in [-0.15, -0.1) is 0 Å². The molecule has 1 atom stereocenters. The molecule has 28 heavy (non-hydrogen) atoms. The molecular formula is C21H25NO6. The highest BCUT2D eigenvalue weighted by Gasteiger charge is 2.20. The summed E-state index contributed by atoms with van der Waals surface area (Å²) in [7, 11) is 3.08. The fourth-order valence-electron chi connectivity index (χ4n) is 2.53. The van der Waals surface area contributed by atoms with Gasteiger partial charge in [-0.05, 0) is 38.1 Å². The molecule has 0 saturated carbocycles. The normalized spacial score (nSPS) is 11.3.